The SMILES string of the molecule is COc1cc(C2c3cc4c(cc3C(NC(=O)CNCCCCN)C3COC(=O)C23)OCO4)cc(O)c1O. The van der Waals surface area contributed by atoms with Gasteiger partial charge in [-0.05, 0) is 66.9 Å². The van der Waals surface area contributed by atoms with Crippen molar-refractivity contribution in [3.63, 3.8) is 0 Å². The van der Waals surface area contributed by atoms with Gasteiger partial charge in [0.15, 0.2) is 23.0 Å². The van der Waals surface area contributed by atoms with E-state index in [4.69, 9.17) is 24.7 Å². The molecule has 1 saturated heterocycles. The van der Waals surface area contributed by atoms with Crippen LogP contribution in [0.4, 0.5) is 0 Å². The quantitative estimate of drug-likeness (QED) is 0.187. The Bertz CT molecular complexity index is 1200. The summed E-state index contributed by atoms with van der Waals surface area (Å²) in [5.41, 5.74) is 7.60. The van der Waals surface area contributed by atoms with Gasteiger partial charge in [-0.3, -0.25) is 9.59 Å². The summed E-state index contributed by atoms with van der Waals surface area (Å²) in [7, 11) is 1.38. The Kier molecular flexibility index (Phi) is 6.98. The van der Waals surface area contributed by atoms with Crippen LogP contribution in [-0.4, -0.2) is 62.2 Å². The van der Waals surface area contributed by atoms with E-state index in [2.05, 4.69) is 10.6 Å². The van der Waals surface area contributed by atoms with E-state index in [0.29, 0.717) is 30.2 Å². The molecule has 2 aromatic carbocycles. The molecule has 11 heteroatoms. The lowest BCUT2D eigenvalue weighted by Gasteiger charge is -2.39. The van der Waals surface area contributed by atoms with Gasteiger partial charge in [0.1, 0.15) is 0 Å². The molecule has 11 nitrogen and oxygen atoms in total. The third-order valence-electron chi connectivity index (χ3n) is 7.25. The number of rotatable bonds is 9. The second kappa shape index (κ2) is 10.3. The summed E-state index contributed by atoms with van der Waals surface area (Å²) in [4.78, 5) is 26.0. The number of phenols is 2. The first-order chi connectivity index (χ1) is 17.9. The number of amides is 1. The van der Waals surface area contributed by atoms with Crippen LogP contribution in [0.1, 0.15) is 41.5 Å². The largest absolute Gasteiger partial charge is 0.504 e. The number of cyclic esters (lactones) is 1. The Labute approximate surface area is 213 Å². The number of benzene rings is 2. The molecule has 1 amide bonds. The average molecular weight is 514 g/mol. The number of unbranched alkanes of at least 4 members (excludes halogenated alkanes) is 1. The molecular formula is C26H31N3O8. The van der Waals surface area contributed by atoms with Gasteiger partial charge < -0.3 is 45.5 Å². The van der Waals surface area contributed by atoms with Crippen molar-refractivity contribution >= 4 is 11.9 Å². The molecule has 1 aliphatic carbocycles. The van der Waals surface area contributed by atoms with Gasteiger partial charge in [0.2, 0.25) is 18.4 Å². The lowest BCUT2D eigenvalue weighted by molar-refractivity contribution is -0.141. The minimum atomic E-state index is -0.649. The zero-order valence-corrected chi connectivity index (χ0v) is 20.5. The van der Waals surface area contributed by atoms with E-state index in [0.717, 1.165) is 24.0 Å². The highest BCUT2D eigenvalue weighted by Crippen LogP contribution is 2.55. The maximum absolute atomic E-state index is 13.1. The summed E-state index contributed by atoms with van der Waals surface area (Å²) >= 11 is 0. The van der Waals surface area contributed by atoms with Gasteiger partial charge in [-0.2, -0.15) is 0 Å². The van der Waals surface area contributed by atoms with E-state index in [1.165, 1.54) is 13.2 Å². The molecule has 4 unspecified atom stereocenters. The van der Waals surface area contributed by atoms with Crippen LogP contribution in [0.3, 0.4) is 0 Å². The fourth-order valence-electron chi connectivity index (χ4n) is 5.52. The number of methoxy groups -OCH3 is 1. The number of carbonyl (C=O) groups excluding carboxylic acids is 2. The fraction of sp³-hybridized carbons (Fsp3) is 0.462. The van der Waals surface area contributed by atoms with E-state index in [1.807, 2.05) is 12.1 Å². The Morgan fingerprint density at radius 2 is 1.86 bits per heavy atom. The standard InChI is InChI=1S/C26H31N3O8/c1-34-20-7-13(6-17(30)25(20)32)22-14-8-18-19(37-12-36-18)9-15(14)24(16-11-35-26(33)23(16)22)29-21(31)10-28-5-3-2-4-27/h6-9,16,22-24,28,30,32H,2-5,10-12,27H2,1H3,(H,29,31). The third kappa shape index (κ3) is 4.60. The van der Waals surface area contributed by atoms with E-state index >= 15 is 0 Å². The Balaban J connectivity index is 1.54. The average Bonchev–Trinajstić information content (AvgIpc) is 3.51. The number of esters is 1. The minimum absolute atomic E-state index is 0.0648. The van der Waals surface area contributed by atoms with Crippen molar-refractivity contribution < 1.29 is 38.7 Å². The molecule has 0 spiro atoms. The first-order valence-electron chi connectivity index (χ1n) is 12.3. The molecule has 2 heterocycles. The normalized spacial score (nSPS) is 23.2. The summed E-state index contributed by atoms with van der Waals surface area (Å²) in [6, 6.07) is 6.15. The Morgan fingerprint density at radius 3 is 2.59 bits per heavy atom. The molecule has 6 N–H and O–H groups in total. The predicted molar refractivity (Wildman–Crippen MR) is 131 cm³/mol. The minimum Gasteiger partial charge on any atom is -0.504 e. The van der Waals surface area contributed by atoms with Crippen molar-refractivity contribution in [1.82, 2.24) is 10.6 Å². The molecular weight excluding hydrogens is 482 g/mol. The van der Waals surface area contributed by atoms with Crippen LogP contribution in [-0.2, 0) is 14.3 Å². The number of hydrogen-bond donors (Lipinski definition) is 5. The molecule has 5 rings (SSSR count). The zero-order valence-electron chi connectivity index (χ0n) is 20.5. The highest BCUT2D eigenvalue weighted by atomic mass is 16.7. The van der Waals surface area contributed by atoms with E-state index in [-0.39, 0.29) is 49.0 Å². The number of ether oxygens (including phenoxy) is 4. The number of nitrogens with one attached hydrogen (secondary N) is 2. The molecule has 0 saturated carbocycles. The van der Waals surface area contributed by atoms with Gasteiger partial charge in [-0.25, -0.2) is 0 Å². The van der Waals surface area contributed by atoms with Crippen molar-refractivity contribution in [2.45, 2.75) is 24.8 Å². The van der Waals surface area contributed by atoms with E-state index in [1.54, 1.807) is 6.07 Å². The van der Waals surface area contributed by atoms with Gasteiger partial charge in [0, 0.05) is 11.8 Å². The molecule has 1 fully saturated rings. The second-order valence-corrected chi connectivity index (χ2v) is 9.44. The summed E-state index contributed by atoms with van der Waals surface area (Å²) in [5.74, 6) is -1.77. The van der Waals surface area contributed by atoms with Gasteiger partial charge in [0.05, 0.1) is 32.2 Å². The maximum atomic E-state index is 13.1. The number of phenolic OH excluding ortho intramolecular Hbond substituents is 2. The van der Waals surface area contributed by atoms with E-state index < -0.39 is 23.8 Å². The maximum Gasteiger partial charge on any atom is 0.310 e. The van der Waals surface area contributed by atoms with Gasteiger partial charge in [0.25, 0.3) is 0 Å². The zero-order chi connectivity index (χ0) is 26.1. The van der Waals surface area contributed by atoms with Crippen molar-refractivity contribution in [2.75, 3.05) is 40.1 Å². The lowest BCUT2D eigenvalue weighted by Crippen LogP contribution is -2.45. The molecule has 198 valence electrons. The van der Waals surface area contributed by atoms with Gasteiger partial charge >= 0.3 is 5.97 Å². The lowest BCUT2D eigenvalue weighted by atomic mass is 9.65. The molecule has 4 atom stereocenters. The number of fused-ring (bicyclic) bond motifs is 3. The summed E-state index contributed by atoms with van der Waals surface area (Å²) < 4.78 is 22.0. The van der Waals surface area contributed by atoms with Gasteiger partial charge in [-0.15, -0.1) is 0 Å². The first kappa shape index (κ1) is 25.0. The smallest absolute Gasteiger partial charge is 0.310 e. The van der Waals surface area contributed by atoms with Crippen molar-refractivity contribution in [2.24, 2.45) is 17.6 Å². The van der Waals surface area contributed by atoms with Crippen molar-refractivity contribution in [1.29, 1.82) is 0 Å². The topological polar surface area (TPSA) is 162 Å². The van der Waals surface area contributed by atoms with Gasteiger partial charge in [-0.1, -0.05) is 0 Å². The molecule has 2 aliphatic heterocycles. The highest BCUT2D eigenvalue weighted by molar-refractivity contribution is 5.81. The molecule has 3 aliphatic rings. The Hall–Kier alpha value is -3.70. The van der Waals surface area contributed by atoms with Crippen molar-refractivity contribution in [3.8, 4) is 28.7 Å². The van der Waals surface area contributed by atoms with E-state index in [9.17, 15) is 19.8 Å². The number of aromatic hydroxyl groups is 2. The first-order valence-corrected chi connectivity index (χ1v) is 12.3. The van der Waals surface area contributed by atoms with Crippen LogP contribution in [0, 0.1) is 11.8 Å². The molecule has 0 bridgehead atoms. The molecule has 37 heavy (non-hydrogen) atoms. The number of carbonyl (C=O) groups is 2. The third-order valence-corrected chi connectivity index (χ3v) is 7.25. The van der Waals surface area contributed by atoms with Crippen LogP contribution in [0.15, 0.2) is 24.3 Å². The van der Waals surface area contributed by atoms with Crippen molar-refractivity contribution in [3.05, 3.63) is 41.0 Å². The number of nitrogens with two attached hydrogens (primary N) is 1. The molecule has 0 aromatic heterocycles. The fourth-order valence-corrected chi connectivity index (χ4v) is 5.52. The Morgan fingerprint density at radius 1 is 1.11 bits per heavy atom. The second-order valence-electron chi connectivity index (χ2n) is 9.44. The highest BCUT2D eigenvalue weighted by Gasteiger charge is 2.53. The summed E-state index contributed by atoms with van der Waals surface area (Å²) in [6.45, 7) is 1.59. The monoisotopic (exact) mass is 513 g/mol. The van der Waals surface area contributed by atoms with Crippen LogP contribution < -0.4 is 30.6 Å². The predicted octanol–water partition coefficient (Wildman–Crippen LogP) is 1.26. The van der Waals surface area contributed by atoms with Crippen LogP contribution in [0.5, 0.6) is 28.7 Å². The van der Waals surface area contributed by atoms with Crippen LogP contribution >= 0.6 is 0 Å². The van der Waals surface area contributed by atoms with Crippen LogP contribution in [0.25, 0.3) is 0 Å². The van der Waals surface area contributed by atoms with Crippen LogP contribution in [0.2, 0.25) is 0 Å². The summed E-state index contributed by atoms with van der Waals surface area (Å²) in [6.07, 6.45) is 1.75. The summed E-state index contributed by atoms with van der Waals surface area (Å²) in [5, 5.41) is 26.8. The molecule has 0 radical (unpaired) electrons. The molecule has 2 aromatic rings. The number of hydrogen-bond acceptors (Lipinski definition) is 10.